The van der Waals surface area contributed by atoms with E-state index in [1.54, 1.807) is 36.7 Å². The summed E-state index contributed by atoms with van der Waals surface area (Å²) in [7, 11) is 0. The highest BCUT2D eigenvalue weighted by atomic mass is 35.5. The number of nitrogens with zero attached hydrogens (tertiary/aromatic N) is 2. The molecule has 0 atom stereocenters. The number of hydrogen-bond donors (Lipinski definition) is 2. The first-order valence-electron chi connectivity index (χ1n) is 8.75. The first-order valence-corrected chi connectivity index (χ1v) is 9.13. The molecule has 2 aromatic heterocycles. The summed E-state index contributed by atoms with van der Waals surface area (Å²) in [6.45, 7) is 5.08. The highest BCUT2D eigenvalue weighted by Crippen LogP contribution is 2.29. The van der Waals surface area contributed by atoms with Crippen LogP contribution in [0.4, 0.5) is 11.5 Å². The van der Waals surface area contributed by atoms with Gasteiger partial charge in [-0.2, -0.15) is 0 Å². The lowest BCUT2D eigenvalue weighted by Gasteiger charge is -2.10. The van der Waals surface area contributed by atoms with Gasteiger partial charge in [0.15, 0.2) is 0 Å². The van der Waals surface area contributed by atoms with E-state index in [1.165, 1.54) is 0 Å². The topological polar surface area (TPSA) is 66.9 Å². The number of pyridine rings is 2. The fourth-order valence-corrected chi connectivity index (χ4v) is 2.68. The van der Waals surface area contributed by atoms with Crippen LogP contribution in [-0.4, -0.2) is 22.4 Å². The van der Waals surface area contributed by atoms with Crippen LogP contribution in [0.3, 0.4) is 0 Å². The summed E-state index contributed by atoms with van der Waals surface area (Å²) in [5.41, 5.74) is 2.65. The molecule has 27 heavy (non-hydrogen) atoms. The Hall–Kier alpha value is -2.92. The van der Waals surface area contributed by atoms with Gasteiger partial charge in [0, 0.05) is 30.2 Å². The number of aromatic nitrogens is 2. The van der Waals surface area contributed by atoms with E-state index in [1.807, 2.05) is 24.3 Å². The van der Waals surface area contributed by atoms with Crippen LogP contribution in [-0.2, 0) is 0 Å². The maximum Gasteiger partial charge on any atom is 0.257 e. The van der Waals surface area contributed by atoms with Crippen molar-refractivity contribution in [3.8, 4) is 11.3 Å². The molecule has 3 rings (SSSR count). The van der Waals surface area contributed by atoms with Crippen molar-refractivity contribution in [3.05, 3.63) is 71.5 Å². The smallest absolute Gasteiger partial charge is 0.257 e. The van der Waals surface area contributed by atoms with E-state index in [4.69, 9.17) is 11.6 Å². The Morgan fingerprint density at radius 2 is 1.96 bits per heavy atom. The number of amides is 1. The molecule has 0 saturated carbocycles. The Kier molecular flexibility index (Phi) is 6.04. The minimum absolute atomic E-state index is 0.229. The number of hydrogen-bond acceptors (Lipinski definition) is 4. The Balaban J connectivity index is 1.72. The molecule has 3 aromatic rings. The van der Waals surface area contributed by atoms with Crippen molar-refractivity contribution in [2.45, 2.75) is 13.8 Å². The summed E-state index contributed by atoms with van der Waals surface area (Å²) in [6, 6.07) is 14.5. The zero-order valence-electron chi connectivity index (χ0n) is 15.2. The summed E-state index contributed by atoms with van der Waals surface area (Å²) in [5, 5.41) is 6.68. The first kappa shape index (κ1) is 18.9. The third-order valence-corrected chi connectivity index (χ3v) is 4.21. The maximum absolute atomic E-state index is 12.5. The fraction of sp³-hybridized carbons (Fsp3) is 0.190. The van der Waals surface area contributed by atoms with Crippen LogP contribution in [0.15, 0.2) is 60.9 Å². The maximum atomic E-state index is 12.5. The number of halogens is 1. The van der Waals surface area contributed by atoms with Crippen molar-refractivity contribution in [3.63, 3.8) is 0 Å². The molecule has 1 aromatic carbocycles. The van der Waals surface area contributed by atoms with Crippen LogP contribution < -0.4 is 10.6 Å². The highest BCUT2D eigenvalue weighted by Gasteiger charge is 2.10. The summed E-state index contributed by atoms with van der Waals surface area (Å²) in [5.74, 6) is 1.05. The van der Waals surface area contributed by atoms with E-state index < -0.39 is 0 Å². The SMILES string of the molecule is CC(C)CNc1ccc(C(=O)Nc2ccc(Cl)c(-c3ccccn3)c2)cn1. The molecule has 138 valence electrons. The zero-order chi connectivity index (χ0) is 19.2. The normalized spacial score (nSPS) is 10.7. The Labute approximate surface area is 163 Å². The monoisotopic (exact) mass is 380 g/mol. The Morgan fingerprint density at radius 1 is 1.11 bits per heavy atom. The van der Waals surface area contributed by atoms with Gasteiger partial charge in [-0.25, -0.2) is 4.98 Å². The molecule has 2 N–H and O–H groups in total. The molecular weight excluding hydrogens is 360 g/mol. The number of carbonyl (C=O) groups is 1. The number of nitrogens with one attached hydrogen (secondary N) is 2. The Morgan fingerprint density at radius 3 is 2.63 bits per heavy atom. The molecule has 0 fully saturated rings. The van der Waals surface area contributed by atoms with Crippen molar-refractivity contribution in [1.82, 2.24) is 9.97 Å². The van der Waals surface area contributed by atoms with Gasteiger partial charge in [0.2, 0.25) is 0 Å². The van der Waals surface area contributed by atoms with Crippen LogP contribution in [0.25, 0.3) is 11.3 Å². The fourth-order valence-electron chi connectivity index (χ4n) is 2.47. The van der Waals surface area contributed by atoms with E-state index in [2.05, 4.69) is 34.4 Å². The standard InChI is InChI=1S/C21H21ClN4O/c1-14(2)12-24-20-9-6-15(13-25-20)21(27)26-16-7-8-18(22)17(11-16)19-5-3-4-10-23-19/h3-11,13-14H,12H2,1-2H3,(H,24,25)(H,26,27). The molecule has 0 unspecified atom stereocenters. The third kappa shape index (κ3) is 5.05. The van der Waals surface area contributed by atoms with Crippen LogP contribution >= 0.6 is 11.6 Å². The molecular formula is C21H21ClN4O. The molecule has 6 heteroatoms. The summed E-state index contributed by atoms with van der Waals surface area (Å²) < 4.78 is 0. The molecule has 5 nitrogen and oxygen atoms in total. The van der Waals surface area contributed by atoms with Gasteiger partial charge in [-0.15, -0.1) is 0 Å². The van der Waals surface area contributed by atoms with E-state index >= 15 is 0 Å². The lowest BCUT2D eigenvalue weighted by atomic mass is 10.1. The molecule has 0 radical (unpaired) electrons. The van der Waals surface area contributed by atoms with Gasteiger partial charge < -0.3 is 10.6 Å². The number of carbonyl (C=O) groups excluding carboxylic acids is 1. The number of anilines is 2. The molecule has 0 spiro atoms. The molecule has 0 saturated heterocycles. The second-order valence-corrected chi connectivity index (χ2v) is 6.98. The highest BCUT2D eigenvalue weighted by molar-refractivity contribution is 6.33. The summed E-state index contributed by atoms with van der Waals surface area (Å²) in [6.07, 6.45) is 3.27. The lowest BCUT2D eigenvalue weighted by molar-refractivity contribution is 0.102. The van der Waals surface area contributed by atoms with Crippen molar-refractivity contribution < 1.29 is 4.79 Å². The van der Waals surface area contributed by atoms with Gasteiger partial charge >= 0.3 is 0 Å². The van der Waals surface area contributed by atoms with Crippen LogP contribution in [0.5, 0.6) is 0 Å². The lowest BCUT2D eigenvalue weighted by Crippen LogP contribution is -2.13. The van der Waals surface area contributed by atoms with Gasteiger partial charge in [0.1, 0.15) is 5.82 Å². The summed E-state index contributed by atoms with van der Waals surface area (Å²) in [4.78, 5) is 21.1. The Bertz CT molecular complexity index is 911. The van der Waals surface area contributed by atoms with Crippen molar-refractivity contribution in [2.75, 3.05) is 17.2 Å². The zero-order valence-corrected chi connectivity index (χ0v) is 16.0. The predicted molar refractivity (Wildman–Crippen MR) is 110 cm³/mol. The van der Waals surface area contributed by atoms with Crippen LogP contribution in [0.1, 0.15) is 24.2 Å². The van der Waals surface area contributed by atoms with E-state index in [0.29, 0.717) is 22.2 Å². The minimum Gasteiger partial charge on any atom is -0.370 e. The molecule has 0 aliphatic carbocycles. The van der Waals surface area contributed by atoms with Gasteiger partial charge in [-0.3, -0.25) is 9.78 Å². The first-order chi connectivity index (χ1) is 13.0. The van der Waals surface area contributed by atoms with E-state index in [0.717, 1.165) is 23.6 Å². The van der Waals surface area contributed by atoms with Crippen LogP contribution in [0, 0.1) is 5.92 Å². The molecule has 0 aliphatic heterocycles. The largest absolute Gasteiger partial charge is 0.370 e. The van der Waals surface area contributed by atoms with Gasteiger partial charge in [-0.05, 0) is 48.4 Å². The van der Waals surface area contributed by atoms with E-state index in [-0.39, 0.29) is 5.91 Å². The average Bonchev–Trinajstić information content (AvgIpc) is 2.69. The average molecular weight is 381 g/mol. The van der Waals surface area contributed by atoms with Gasteiger partial charge in [0.05, 0.1) is 16.3 Å². The summed E-state index contributed by atoms with van der Waals surface area (Å²) >= 11 is 6.28. The molecule has 0 bridgehead atoms. The second kappa shape index (κ2) is 8.64. The molecule has 1 amide bonds. The number of benzene rings is 1. The van der Waals surface area contributed by atoms with E-state index in [9.17, 15) is 4.79 Å². The van der Waals surface area contributed by atoms with Crippen molar-refractivity contribution in [2.24, 2.45) is 5.92 Å². The van der Waals surface area contributed by atoms with Crippen molar-refractivity contribution in [1.29, 1.82) is 0 Å². The van der Waals surface area contributed by atoms with Crippen LogP contribution in [0.2, 0.25) is 5.02 Å². The minimum atomic E-state index is -0.229. The quantitative estimate of drug-likeness (QED) is 0.623. The second-order valence-electron chi connectivity index (χ2n) is 6.57. The third-order valence-electron chi connectivity index (χ3n) is 3.88. The van der Waals surface area contributed by atoms with Gasteiger partial charge in [0.25, 0.3) is 5.91 Å². The predicted octanol–water partition coefficient (Wildman–Crippen LogP) is 5.12. The van der Waals surface area contributed by atoms with Gasteiger partial charge in [-0.1, -0.05) is 31.5 Å². The van der Waals surface area contributed by atoms with Crippen molar-refractivity contribution >= 4 is 29.0 Å². The molecule has 2 heterocycles. The molecule has 0 aliphatic rings. The number of rotatable bonds is 6.